The first-order chi connectivity index (χ1) is 18.0. The van der Waals surface area contributed by atoms with Crippen LogP contribution in [0.15, 0.2) is 72.8 Å². The number of nitrogens with one attached hydrogen (secondary N) is 1. The number of para-hydroxylation sites is 1. The summed E-state index contributed by atoms with van der Waals surface area (Å²) in [5, 5.41) is 3.34. The van der Waals surface area contributed by atoms with E-state index in [2.05, 4.69) is 5.32 Å². The Morgan fingerprint density at radius 1 is 0.947 bits per heavy atom. The van der Waals surface area contributed by atoms with Crippen LogP contribution in [0.5, 0.6) is 0 Å². The topological polar surface area (TPSA) is 86.8 Å². The Kier molecular flexibility index (Phi) is 10.1. The summed E-state index contributed by atoms with van der Waals surface area (Å²) in [6.45, 7) is 1.29. The fourth-order valence-electron chi connectivity index (χ4n) is 3.93. The molecule has 0 aliphatic rings. The van der Waals surface area contributed by atoms with Crippen LogP contribution in [0.2, 0.25) is 10.0 Å². The molecule has 0 saturated heterocycles. The third-order valence-corrected chi connectivity index (χ3v) is 7.62. The minimum Gasteiger partial charge on any atom is -0.355 e. The summed E-state index contributed by atoms with van der Waals surface area (Å²) in [6, 6.07) is 18.2. The van der Waals surface area contributed by atoms with Gasteiger partial charge in [0.1, 0.15) is 18.4 Å². The highest BCUT2D eigenvalue weighted by Gasteiger charge is 2.33. The quantitative estimate of drug-likeness (QED) is 0.357. The molecule has 38 heavy (non-hydrogen) atoms. The minimum absolute atomic E-state index is 0.0702. The fraction of sp³-hybridized carbons (Fsp3) is 0.259. The molecule has 0 aliphatic heterocycles. The lowest BCUT2D eigenvalue weighted by atomic mass is 10.0. The van der Waals surface area contributed by atoms with Gasteiger partial charge >= 0.3 is 0 Å². The molecule has 0 aromatic heterocycles. The molecule has 1 N–H and O–H groups in total. The third kappa shape index (κ3) is 7.69. The van der Waals surface area contributed by atoms with Gasteiger partial charge in [-0.05, 0) is 42.3 Å². The molecule has 0 fully saturated rings. The van der Waals surface area contributed by atoms with E-state index in [1.807, 2.05) is 30.3 Å². The summed E-state index contributed by atoms with van der Waals surface area (Å²) in [5.74, 6) is -1.91. The Hall–Kier alpha value is -3.14. The average Bonchev–Trinajstić information content (AvgIpc) is 2.87. The van der Waals surface area contributed by atoms with Crippen LogP contribution in [0.25, 0.3) is 0 Å². The molecule has 7 nitrogen and oxygen atoms in total. The number of likely N-dealkylation sites (N-methyl/N-ethyl adjacent to an activating group) is 1. The summed E-state index contributed by atoms with van der Waals surface area (Å²) in [6.07, 6.45) is 1.06. The van der Waals surface area contributed by atoms with Crippen LogP contribution in [-0.4, -0.2) is 50.5 Å². The molecule has 0 saturated carbocycles. The van der Waals surface area contributed by atoms with Crippen LogP contribution in [0.1, 0.15) is 18.1 Å². The Morgan fingerprint density at radius 3 is 2.21 bits per heavy atom. The highest BCUT2D eigenvalue weighted by Crippen LogP contribution is 2.26. The highest BCUT2D eigenvalue weighted by atomic mass is 35.5. The third-order valence-electron chi connectivity index (χ3n) is 5.76. The van der Waals surface area contributed by atoms with Gasteiger partial charge in [-0.3, -0.25) is 13.9 Å². The van der Waals surface area contributed by atoms with Gasteiger partial charge in [0.25, 0.3) is 0 Å². The predicted molar refractivity (Wildman–Crippen MR) is 148 cm³/mol. The lowest BCUT2D eigenvalue weighted by Gasteiger charge is -2.33. The van der Waals surface area contributed by atoms with Gasteiger partial charge in [-0.1, -0.05) is 71.7 Å². The standard InChI is InChI=1S/C27H28Cl2FN3O4S/c1-3-31-27(35)25(16-19-9-5-4-6-10-19)32(17-20-13-14-21(28)22(29)15-20)26(34)18-33(38(2,36)37)24-12-8-7-11-23(24)30/h4-15,25H,3,16-18H2,1-2H3,(H,31,35)/t25-/m0/s1. The van der Waals surface area contributed by atoms with Crippen LogP contribution >= 0.6 is 23.2 Å². The molecule has 0 spiro atoms. The number of sulfonamides is 1. The number of carbonyl (C=O) groups is 2. The number of amides is 2. The maximum Gasteiger partial charge on any atom is 0.244 e. The van der Waals surface area contributed by atoms with Crippen molar-refractivity contribution in [3.8, 4) is 0 Å². The Balaban J connectivity index is 2.07. The monoisotopic (exact) mass is 579 g/mol. The van der Waals surface area contributed by atoms with Crippen molar-refractivity contribution in [2.24, 2.45) is 0 Å². The highest BCUT2D eigenvalue weighted by molar-refractivity contribution is 7.92. The van der Waals surface area contributed by atoms with Gasteiger partial charge in [-0.2, -0.15) is 0 Å². The van der Waals surface area contributed by atoms with Gasteiger partial charge in [0.15, 0.2) is 0 Å². The van der Waals surface area contributed by atoms with Crippen LogP contribution < -0.4 is 9.62 Å². The zero-order chi connectivity index (χ0) is 27.9. The van der Waals surface area contributed by atoms with Crippen molar-refractivity contribution in [3.63, 3.8) is 0 Å². The molecule has 1 atom stereocenters. The van der Waals surface area contributed by atoms with Crippen molar-refractivity contribution >= 4 is 50.7 Å². The second-order valence-electron chi connectivity index (χ2n) is 8.59. The molecule has 2 amide bonds. The second kappa shape index (κ2) is 13.1. The molecule has 3 rings (SSSR count). The molecule has 3 aromatic carbocycles. The number of benzene rings is 3. The van der Waals surface area contributed by atoms with Gasteiger partial charge in [-0.25, -0.2) is 12.8 Å². The van der Waals surface area contributed by atoms with Gasteiger partial charge in [0, 0.05) is 19.5 Å². The normalized spacial score (nSPS) is 12.0. The molecule has 0 heterocycles. The Labute approximate surface area is 232 Å². The van der Waals surface area contributed by atoms with E-state index < -0.39 is 40.2 Å². The molecule has 0 radical (unpaired) electrons. The van der Waals surface area contributed by atoms with Crippen molar-refractivity contribution in [3.05, 3.63) is 99.8 Å². The van der Waals surface area contributed by atoms with Crippen LogP contribution in [0.3, 0.4) is 0 Å². The van der Waals surface area contributed by atoms with Gasteiger partial charge < -0.3 is 10.2 Å². The summed E-state index contributed by atoms with van der Waals surface area (Å²) in [7, 11) is -4.06. The van der Waals surface area contributed by atoms with Crippen LogP contribution in [0, 0.1) is 5.82 Å². The number of nitrogens with zero attached hydrogens (tertiary/aromatic N) is 2. The lowest BCUT2D eigenvalue weighted by Crippen LogP contribution is -2.53. The molecular formula is C27H28Cl2FN3O4S. The van der Waals surface area contributed by atoms with Gasteiger partial charge in [-0.15, -0.1) is 0 Å². The van der Waals surface area contributed by atoms with E-state index in [1.165, 1.54) is 23.1 Å². The van der Waals surface area contributed by atoms with E-state index in [0.29, 0.717) is 21.4 Å². The number of hydrogen-bond acceptors (Lipinski definition) is 4. The predicted octanol–water partition coefficient (Wildman–Crippen LogP) is 4.67. The lowest BCUT2D eigenvalue weighted by molar-refractivity contribution is -0.140. The minimum atomic E-state index is -4.06. The maximum absolute atomic E-state index is 14.6. The van der Waals surface area contributed by atoms with Crippen molar-refractivity contribution in [1.82, 2.24) is 10.2 Å². The summed E-state index contributed by atoms with van der Waals surface area (Å²) >= 11 is 12.3. The largest absolute Gasteiger partial charge is 0.355 e. The summed E-state index contributed by atoms with van der Waals surface area (Å²) < 4.78 is 40.6. The van der Waals surface area contributed by atoms with Crippen LogP contribution in [0.4, 0.5) is 10.1 Å². The number of carbonyl (C=O) groups excluding carboxylic acids is 2. The van der Waals surface area contributed by atoms with Gasteiger partial charge in [0.2, 0.25) is 21.8 Å². The van der Waals surface area contributed by atoms with E-state index in [4.69, 9.17) is 23.2 Å². The second-order valence-corrected chi connectivity index (χ2v) is 11.3. The first kappa shape index (κ1) is 29.4. The summed E-state index contributed by atoms with van der Waals surface area (Å²) in [4.78, 5) is 28.4. The number of rotatable bonds is 11. The summed E-state index contributed by atoms with van der Waals surface area (Å²) in [5.41, 5.74) is 1.10. The number of hydrogen-bond donors (Lipinski definition) is 1. The van der Waals surface area contributed by atoms with Crippen molar-refractivity contribution < 1.29 is 22.4 Å². The molecule has 3 aromatic rings. The van der Waals surface area contributed by atoms with E-state index in [9.17, 15) is 22.4 Å². The number of halogens is 3. The average molecular weight is 581 g/mol. The SMILES string of the molecule is CCNC(=O)[C@H](Cc1ccccc1)N(Cc1ccc(Cl)c(Cl)c1)C(=O)CN(c1ccccc1F)S(C)(=O)=O. The Morgan fingerprint density at radius 2 is 1.61 bits per heavy atom. The molecule has 11 heteroatoms. The maximum atomic E-state index is 14.6. The molecule has 0 aliphatic carbocycles. The number of anilines is 1. The zero-order valence-electron chi connectivity index (χ0n) is 20.9. The van der Waals surface area contributed by atoms with E-state index in [0.717, 1.165) is 17.9 Å². The first-order valence-electron chi connectivity index (χ1n) is 11.8. The first-order valence-corrected chi connectivity index (χ1v) is 14.4. The molecule has 0 unspecified atom stereocenters. The fourth-order valence-corrected chi connectivity index (χ4v) is 5.10. The molecule has 0 bridgehead atoms. The van der Waals surface area contributed by atoms with Crippen LogP contribution in [-0.2, 0) is 32.6 Å². The van der Waals surface area contributed by atoms with Crippen molar-refractivity contribution in [2.75, 3.05) is 23.7 Å². The van der Waals surface area contributed by atoms with E-state index >= 15 is 0 Å². The Bertz CT molecular complexity index is 1390. The zero-order valence-corrected chi connectivity index (χ0v) is 23.2. The van der Waals surface area contributed by atoms with Crippen molar-refractivity contribution in [1.29, 1.82) is 0 Å². The van der Waals surface area contributed by atoms with E-state index in [-0.39, 0.29) is 23.7 Å². The van der Waals surface area contributed by atoms with E-state index in [1.54, 1.807) is 25.1 Å². The van der Waals surface area contributed by atoms with Crippen molar-refractivity contribution in [2.45, 2.75) is 25.9 Å². The molecule has 202 valence electrons. The molecular weight excluding hydrogens is 552 g/mol. The van der Waals surface area contributed by atoms with Gasteiger partial charge in [0.05, 0.1) is 22.0 Å². The smallest absolute Gasteiger partial charge is 0.244 e.